The van der Waals surface area contributed by atoms with Crippen LogP contribution in [0.1, 0.15) is 34.6 Å². The molecule has 0 aromatic rings. The first-order chi connectivity index (χ1) is 13.6. The Morgan fingerprint density at radius 2 is 1.23 bits per heavy atom. The number of piperazine rings is 1. The summed E-state index contributed by atoms with van der Waals surface area (Å²) in [6.45, 7) is 5.35. The number of halogens is 6. The Labute approximate surface area is 176 Å². The van der Waals surface area contributed by atoms with Crippen LogP contribution in [-0.4, -0.2) is 78.1 Å². The number of alkyl halides is 6. The summed E-state index contributed by atoms with van der Waals surface area (Å²) in [5.41, 5.74) is 0. The average molecular weight is 506 g/mol. The van der Waals surface area contributed by atoms with Gasteiger partial charge in [0.15, 0.2) is 0 Å². The molecule has 0 radical (unpaired) electrons. The van der Waals surface area contributed by atoms with Crippen LogP contribution >= 0.6 is 0 Å². The fourth-order valence-corrected chi connectivity index (χ4v) is 5.29. The van der Waals surface area contributed by atoms with Crippen LogP contribution in [-0.2, 0) is 24.9 Å². The highest BCUT2D eigenvalue weighted by molar-refractivity contribution is 7.90. The topological polar surface area (TPSA) is 112 Å². The minimum Gasteiger partial charge on any atom is -0.334 e. The maximum atomic E-state index is 14.4. The third kappa shape index (κ3) is 4.39. The number of carbonyl (C=O) groups excluding carboxylic acids is 1. The Morgan fingerprint density at radius 3 is 1.48 bits per heavy atom. The Morgan fingerprint density at radius 1 is 0.871 bits per heavy atom. The fourth-order valence-electron chi connectivity index (χ4n) is 3.30. The molecular weight excluding hydrogens is 482 g/mol. The van der Waals surface area contributed by atoms with Gasteiger partial charge in [-0.1, -0.05) is 27.7 Å². The summed E-state index contributed by atoms with van der Waals surface area (Å²) in [5, 5.41) is -13.4. The third-order valence-corrected chi connectivity index (χ3v) is 7.90. The van der Waals surface area contributed by atoms with Crippen LogP contribution in [0.25, 0.3) is 0 Å². The third-order valence-electron chi connectivity index (χ3n) is 5.12. The molecule has 0 saturated carbocycles. The molecule has 1 amide bonds. The van der Waals surface area contributed by atoms with Crippen molar-refractivity contribution in [3.63, 3.8) is 0 Å². The van der Waals surface area contributed by atoms with E-state index in [2.05, 4.69) is 0 Å². The van der Waals surface area contributed by atoms with Gasteiger partial charge in [0.25, 0.3) is 10.0 Å². The number of hydrogen-bond donors (Lipinski definition) is 1. The van der Waals surface area contributed by atoms with Crippen LogP contribution in [0.3, 0.4) is 0 Å². The number of amides is 1. The summed E-state index contributed by atoms with van der Waals surface area (Å²) in [4.78, 5) is 13.3. The fraction of sp³-hybridized carbons (Fsp3) is 0.933. The van der Waals surface area contributed by atoms with Gasteiger partial charge in [-0.05, 0) is 11.8 Å². The van der Waals surface area contributed by atoms with Gasteiger partial charge in [0.05, 0.1) is 0 Å². The maximum absolute atomic E-state index is 14.4. The van der Waals surface area contributed by atoms with Crippen LogP contribution in [0.4, 0.5) is 26.3 Å². The molecule has 1 rings (SSSR count). The molecule has 16 heteroatoms. The first-order valence-electron chi connectivity index (χ1n) is 8.94. The normalized spacial score (nSPS) is 23.0. The second kappa shape index (κ2) is 8.33. The largest absolute Gasteiger partial charge is 0.439 e. The van der Waals surface area contributed by atoms with Gasteiger partial charge in [0, 0.05) is 32.1 Å². The minimum absolute atomic E-state index is 0.143. The van der Waals surface area contributed by atoms with Crippen molar-refractivity contribution in [2.45, 2.75) is 63.1 Å². The zero-order valence-electron chi connectivity index (χ0n) is 17.2. The number of hydrogen-bond acceptors (Lipinski definition) is 5. The second-order valence-electron chi connectivity index (χ2n) is 7.95. The molecule has 1 heterocycles. The number of carbonyl (C=O) groups is 1. The van der Waals surface area contributed by atoms with Crippen molar-refractivity contribution >= 4 is 26.0 Å². The summed E-state index contributed by atoms with van der Waals surface area (Å²) >= 11 is 0. The van der Waals surface area contributed by atoms with E-state index in [4.69, 9.17) is 4.55 Å². The van der Waals surface area contributed by atoms with E-state index in [0.29, 0.717) is 0 Å². The standard InChI is InChI=1S/C15H24F6N2O6S2/c1-8(2)11-6-22(7-12(9(3)4)23(11)10(5)24)30(25,26)14(18,19)13(16,17)15(20,21)31(27,28)29/h8-9,11-12H,6-7H2,1-5H3,(H,27,28,29). The van der Waals surface area contributed by atoms with Gasteiger partial charge < -0.3 is 4.90 Å². The van der Waals surface area contributed by atoms with E-state index in [0.717, 1.165) is 6.92 Å². The van der Waals surface area contributed by atoms with E-state index >= 15 is 0 Å². The van der Waals surface area contributed by atoms with E-state index < -0.39 is 79.5 Å². The highest BCUT2D eigenvalue weighted by Crippen LogP contribution is 2.51. The Balaban J connectivity index is 3.60. The molecule has 1 N–H and O–H groups in total. The van der Waals surface area contributed by atoms with Gasteiger partial charge in [0.1, 0.15) is 0 Å². The Hall–Kier alpha value is -1.13. The highest BCUT2D eigenvalue weighted by Gasteiger charge is 2.82. The van der Waals surface area contributed by atoms with Gasteiger partial charge in [-0.25, -0.2) is 8.42 Å². The molecule has 2 unspecified atom stereocenters. The zero-order chi connectivity index (χ0) is 25.0. The van der Waals surface area contributed by atoms with Crippen molar-refractivity contribution in [1.29, 1.82) is 0 Å². The lowest BCUT2D eigenvalue weighted by atomic mass is 9.92. The van der Waals surface area contributed by atoms with Crippen molar-refractivity contribution in [3.8, 4) is 0 Å². The molecule has 184 valence electrons. The van der Waals surface area contributed by atoms with Gasteiger partial charge in [-0.3, -0.25) is 9.35 Å². The maximum Gasteiger partial charge on any atom is 0.439 e. The molecule has 0 bridgehead atoms. The smallest absolute Gasteiger partial charge is 0.334 e. The molecule has 1 fully saturated rings. The average Bonchev–Trinajstić information content (AvgIpc) is 2.58. The molecule has 2 atom stereocenters. The summed E-state index contributed by atoms with van der Waals surface area (Å²) in [7, 11) is -13.7. The van der Waals surface area contributed by atoms with Crippen LogP contribution in [0.2, 0.25) is 0 Å². The van der Waals surface area contributed by atoms with E-state index in [9.17, 15) is 48.0 Å². The molecule has 0 aliphatic carbocycles. The predicted octanol–water partition coefficient (Wildman–Crippen LogP) is 2.24. The lowest BCUT2D eigenvalue weighted by Gasteiger charge is -2.49. The molecule has 0 spiro atoms. The molecule has 8 nitrogen and oxygen atoms in total. The summed E-state index contributed by atoms with van der Waals surface area (Å²) < 4.78 is 138. The van der Waals surface area contributed by atoms with E-state index in [1.54, 1.807) is 0 Å². The van der Waals surface area contributed by atoms with Gasteiger partial charge in [0.2, 0.25) is 5.91 Å². The van der Waals surface area contributed by atoms with Crippen molar-refractivity contribution in [2.24, 2.45) is 11.8 Å². The lowest BCUT2D eigenvalue weighted by molar-refractivity contribution is -0.247. The number of nitrogens with zero attached hydrogens (tertiary/aromatic N) is 2. The first-order valence-corrected chi connectivity index (χ1v) is 11.8. The minimum atomic E-state index is -7.10. The van der Waals surface area contributed by atoms with Crippen LogP contribution < -0.4 is 0 Å². The number of rotatable bonds is 7. The van der Waals surface area contributed by atoms with Crippen molar-refractivity contribution in [2.75, 3.05) is 13.1 Å². The van der Waals surface area contributed by atoms with Crippen LogP contribution in [0.15, 0.2) is 0 Å². The first kappa shape index (κ1) is 27.9. The highest BCUT2D eigenvalue weighted by atomic mass is 32.2. The summed E-state index contributed by atoms with van der Waals surface area (Å²) in [5.74, 6) is -8.64. The van der Waals surface area contributed by atoms with E-state index in [1.165, 1.54) is 32.6 Å². The zero-order valence-corrected chi connectivity index (χ0v) is 18.8. The van der Waals surface area contributed by atoms with Gasteiger partial charge in [-0.15, -0.1) is 0 Å². The second-order valence-corrected chi connectivity index (χ2v) is 11.4. The Kier molecular flexibility index (Phi) is 7.50. The number of sulfonamides is 1. The summed E-state index contributed by atoms with van der Waals surface area (Å²) in [6.07, 6.45) is 0. The molecule has 31 heavy (non-hydrogen) atoms. The quantitative estimate of drug-likeness (QED) is 0.419. The monoisotopic (exact) mass is 506 g/mol. The predicted molar refractivity (Wildman–Crippen MR) is 96.7 cm³/mol. The SMILES string of the molecule is CC(=O)N1C(C(C)C)CN(S(=O)(=O)C(F)(F)C(F)(F)C(F)(F)S(=O)(=O)O)CC1C(C)C. The molecular formula is C15H24F6N2O6S2. The van der Waals surface area contributed by atoms with Crippen molar-refractivity contribution in [3.05, 3.63) is 0 Å². The lowest BCUT2D eigenvalue weighted by Crippen LogP contribution is -2.68. The van der Waals surface area contributed by atoms with E-state index in [-0.39, 0.29) is 4.31 Å². The van der Waals surface area contributed by atoms with Crippen LogP contribution in [0.5, 0.6) is 0 Å². The Bertz CT molecular complexity index is 889. The van der Waals surface area contributed by atoms with Gasteiger partial charge >= 0.3 is 26.5 Å². The van der Waals surface area contributed by atoms with Gasteiger partial charge in [-0.2, -0.15) is 39.1 Å². The van der Waals surface area contributed by atoms with Crippen LogP contribution in [0, 0.1) is 11.8 Å². The molecule has 1 saturated heterocycles. The molecule has 0 aromatic heterocycles. The molecule has 1 aliphatic heterocycles. The molecule has 0 aromatic carbocycles. The van der Waals surface area contributed by atoms with Crippen molar-refractivity contribution in [1.82, 2.24) is 9.21 Å². The van der Waals surface area contributed by atoms with E-state index in [1.807, 2.05) is 0 Å². The van der Waals surface area contributed by atoms with Crippen molar-refractivity contribution < 1.29 is 52.5 Å². The molecule has 1 aliphatic rings. The summed E-state index contributed by atoms with van der Waals surface area (Å²) in [6, 6.07) is -2.11.